The highest BCUT2D eigenvalue weighted by Crippen LogP contribution is 2.38. The molecule has 0 bridgehead atoms. The van der Waals surface area contributed by atoms with Crippen molar-refractivity contribution < 1.29 is 4.79 Å². The Morgan fingerprint density at radius 2 is 1.87 bits per heavy atom. The molecule has 1 fully saturated rings. The normalized spacial score (nSPS) is 16.3. The van der Waals surface area contributed by atoms with Crippen LogP contribution in [0.25, 0.3) is 21.3 Å². The zero-order valence-electron chi connectivity index (χ0n) is 17.7. The lowest BCUT2D eigenvalue weighted by molar-refractivity contribution is -0.122. The number of carbonyl (C=O) groups excluding carboxylic acids is 1. The standard InChI is InChI=1S/C22H28N6OS/c1-15(20(23)29)27-9-11-28(12-10-27)21-19-17(16-7-5-4-6-8-16)14-30-22(19)25-18(24-21)13-26(2)3/h4-8,14-15H,9-13H2,1-3H3,(H2,23,29). The van der Waals surface area contributed by atoms with Crippen molar-refractivity contribution in [3.63, 3.8) is 0 Å². The van der Waals surface area contributed by atoms with Gasteiger partial charge in [-0.1, -0.05) is 30.3 Å². The first kappa shape index (κ1) is 20.7. The Bertz CT molecular complexity index is 1030. The van der Waals surface area contributed by atoms with Crippen LogP contribution in [0.1, 0.15) is 12.7 Å². The van der Waals surface area contributed by atoms with E-state index in [9.17, 15) is 4.79 Å². The van der Waals surface area contributed by atoms with Crippen molar-refractivity contribution in [3.05, 3.63) is 41.5 Å². The van der Waals surface area contributed by atoms with E-state index < -0.39 is 0 Å². The van der Waals surface area contributed by atoms with Crippen LogP contribution in [0.15, 0.2) is 35.7 Å². The number of amides is 1. The van der Waals surface area contributed by atoms with Gasteiger partial charge in [-0.2, -0.15) is 0 Å². The number of piperazine rings is 1. The van der Waals surface area contributed by atoms with Crippen LogP contribution in [-0.2, 0) is 11.3 Å². The van der Waals surface area contributed by atoms with E-state index in [1.165, 1.54) is 11.1 Å². The summed E-state index contributed by atoms with van der Waals surface area (Å²) in [7, 11) is 4.06. The van der Waals surface area contributed by atoms with Crippen LogP contribution in [0, 0.1) is 0 Å². The molecule has 3 aromatic rings. The SMILES string of the molecule is CC(C(N)=O)N1CCN(c2nc(CN(C)C)nc3scc(-c4ccccc4)c23)CC1. The lowest BCUT2D eigenvalue weighted by Crippen LogP contribution is -2.53. The third-order valence-electron chi connectivity index (χ3n) is 5.58. The maximum absolute atomic E-state index is 11.6. The van der Waals surface area contributed by atoms with Crippen molar-refractivity contribution in [1.82, 2.24) is 19.8 Å². The van der Waals surface area contributed by atoms with Crippen molar-refractivity contribution in [2.75, 3.05) is 45.2 Å². The number of fused-ring (bicyclic) bond motifs is 1. The number of rotatable bonds is 6. The molecule has 1 amide bonds. The van der Waals surface area contributed by atoms with Crippen LogP contribution in [0.3, 0.4) is 0 Å². The Labute approximate surface area is 181 Å². The van der Waals surface area contributed by atoms with E-state index in [1.807, 2.05) is 27.1 Å². The van der Waals surface area contributed by atoms with E-state index in [0.717, 1.165) is 48.0 Å². The van der Waals surface area contributed by atoms with E-state index in [2.05, 4.69) is 44.3 Å². The van der Waals surface area contributed by atoms with Gasteiger partial charge in [0.1, 0.15) is 16.5 Å². The third-order valence-corrected chi connectivity index (χ3v) is 6.45. The van der Waals surface area contributed by atoms with Crippen LogP contribution in [0.2, 0.25) is 0 Å². The summed E-state index contributed by atoms with van der Waals surface area (Å²) in [6.07, 6.45) is 0. The molecule has 0 aliphatic carbocycles. The summed E-state index contributed by atoms with van der Waals surface area (Å²) in [4.78, 5) is 29.0. The zero-order chi connectivity index (χ0) is 21.3. The van der Waals surface area contributed by atoms with Crippen LogP contribution >= 0.6 is 11.3 Å². The van der Waals surface area contributed by atoms with Gasteiger partial charge in [0.2, 0.25) is 5.91 Å². The molecule has 2 N–H and O–H groups in total. The fourth-order valence-electron chi connectivity index (χ4n) is 3.88. The van der Waals surface area contributed by atoms with Gasteiger partial charge in [-0.15, -0.1) is 11.3 Å². The Morgan fingerprint density at radius 1 is 1.17 bits per heavy atom. The Balaban J connectivity index is 1.73. The van der Waals surface area contributed by atoms with Crippen molar-refractivity contribution in [2.24, 2.45) is 5.73 Å². The highest BCUT2D eigenvalue weighted by Gasteiger charge is 2.27. The summed E-state index contributed by atoms with van der Waals surface area (Å²) in [5, 5.41) is 3.30. The molecular weight excluding hydrogens is 396 g/mol. The number of benzene rings is 1. The topological polar surface area (TPSA) is 78.6 Å². The van der Waals surface area contributed by atoms with Gasteiger partial charge in [-0.3, -0.25) is 9.69 Å². The third kappa shape index (κ3) is 4.16. The molecule has 1 aromatic carbocycles. The molecule has 1 unspecified atom stereocenters. The molecule has 0 radical (unpaired) electrons. The first-order valence-electron chi connectivity index (χ1n) is 10.2. The number of hydrogen-bond acceptors (Lipinski definition) is 7. The van der Waals surface area contributed by atoms with Crippen molar-refractivity contribution in [2.45, 2.75) is 19.5 Å². The molecule has 3 heterocycles. The van der Waals surface area contributed by atoms with Crippen molar-refractivity contribution in [1.29, 1.82) is 0 Å². The molecule has 158 valence electrons. The van der Waals surface area contributed by atoms with E-state index in [4.69, 9.17) is 15.7 Å². The van der Waals surface area contributed by atoms with E-state index in [-0.39, 0.29) is 11.9 Å². The average molecular weight is 425 g/mol. The van der Waals surface area contributed by atoms with Crippen LogP contribution < -0.4 is 10.6 Å². The second-order valence-electron chi connectivity index (χ2n) is 8.00. The first-order valence-corrected chi connectivity index (χ1v) is 11.1. The average Bonchev–Trinajstić information content (AvgIpc) is 3.17. The van der Waals surface area contributed by atoms with Gasteiger partial charge in [-0.25, -0.2) is 9.97 Å². The molecule has 1 saturated heterocycles. The predicted molar refractivity (Wildman–Crippen MR) is 123 cm³/mol. The fraction of sp³-hybridized carbons (Fsp3) is 0.409. The van der Waals surface area contributed by atoms with Crippen molar-refractivity contribution in [3.8, 4) is 11.1 Å². The van der Waals surface area contributed by atoms with Crippen molar-refractivity contribution >= 4 is 33.3 Å². The second kappa shape index (κ2) is 8.67. The molecule has 8 heteroatoms. The number of anilines is 1. The van der Waals surface area contributed by atoms with Gasteiger partial charge in [0.25, 0.3) is 0 Å². The highest BCUT2D eigenvalue weighted by molar-refractivity contribution is 7.17. The smallest absolute Gasteiger partial charge is 0.234 e. The van der Waals surface area contributed by atoms with E-state index in [0.29, 0.717) is 6.54 Å². The molecular formula is C22H28N6OS. The van der Waals surface area contributed by atoms with Gasteiger partial charge < -0.3 is 15.5 Å². The second-order valence-corrected chi connectivity index (χ2v) is 8.86. The minimum Gasteiger partial charge on any atom is -0.368 e. The van der Waals surface area contributed by atoms with Gasteiger partial charge in [0.15, 0.2) is 0 Å². The summed E-state index contributed by atoms with van der Waals surface area (Å²) in [6.45, 7) is 5.74. The number of hydrogen-bond donors (Lipinski definition) is 1. The number of thiophene rings is 1. The van der Waals surface area contributed by atoms with Gasteiger partial charge in [0.05, 0.1) is 18.0 Å². The Kier molecular flexibility index (Phi) is 5.99. The number of nitrogens with two attached hydrogens (primary N) is 1. The number of nitrogens with zero attached hydrogens (tertiary/aromatic N) is 5. The Morgan fingerprint density at radius 3 is 2.50 bits per heavy atom. The molecule has 1 aliphatic heterocycles. The van der Waals surface area contributed by atoms with Crippen LogP contribution in [0.4, 0.5) is 5.82 Å². The van der Waals surface area contributed by atoms with E-state index in [1.54, 1.807) is 11.3 Å². The molecule has 7 nitrogen and oxygen atoms in total. The maximum atomic E-state index is 11.6. The highest BCUT2D eigenvalue weighted by atomic mass is 32.1. The predicted octanol–water partition coefficient (Wildman–Crippen LogP) is 2.42. The summed E-state index contributed by atoms with van der Waals surface area (Å²) < 4.78 is 0. The van der Waals surface area contributed by atoms with Crippen LogP contribution in [-0.4, -0.2) is 72.0 Å². The number of carbonyl (C=O) groups is 1. The molecule has 1 atom stereocenters. The fourth-order valence-corrected chi connectivity index (χ4v) is 4.84. The summed E-state index contributed by atoms with van der Waals surface area (Å²) in [6, 6.07) is 10.2. The summed E-state index contributed by atoms with van der Waals surface area (Å²) in [5.41, 5.74) is 7.86. The quantitative estimate of drug-likeness (QED) is 0.655. The molecule has 30 heavy (non-hydrogen) atoms. The lowest BCUT2D eigenvalue weighted by atomic mass is 10.1. The number of aromatic nitrogens is 2. The minimum atomic E-state index is -0.273. The molecule has 0 saturated carbocycles. The van der Waals surface area contributed by atoms with Gasteiger partial charge in [-0.05, 0) is 26.6 Å². The molecule has 4 rings (SSSR count). The monoisotopic (exact) mass is 424 g/mol. The van der Waals surface area contributed by atoms with Gasteiger partial charge in [0, 0.05) is 37.1 Å². The van der Waals surface area contributed by atoms with E-state index >= 15 is 0 Å². The lowest BCUT2D eigenvalue weighted by Gasteiger charge is -2.37. The minimum absolute atomic E-state index is 0.247. The molecule has 1 aliphatic rings. The summed E-state index contributed by atoms with van der Waals surface area (Å²) in [5.74, 6) is 1.55. The number of primary amides is 1. The zero-order valence-corrected chi connectivity index (χ0v) is 18.5. The summed E-state index contributed by atoms with van der Waals surface area (Å²) >= 11 is 1.67. The molecule has 2 aromatic heterocycles. The molecule has 0 spiro atoms. The van der Waals surface area contributed by atoms with Crippen LogP contribution in [0.5, 0.6) is 0 Å². The first-order chi connectivity index (χ1) is 14.4. The Hall–Kier alpha value is -2.55. The largest absolute Gasteiger partial charge is 0.368 e. The maximum Gasteiger partial charge on any atom is 0.234 e. The van der Waals surface area contributed by atoms with Gasteiger partial charge >= 0.3 is 0 Å².